The van der Waals surface area contributed by atoms with E-state index in [1.54, 1.807) is 13.8 Å². The van der Waals surface area contributed by atoms with Gasteiger partial charge < -0.3 is 13.9 Å². The molecule has 0 bridgehead atoms. The number of furan rings is 1. The standard InChI is InChI=1S/C8H10O4/c1-5-4-11-6(2)7(5)12-8(9)10-3/h4H,1-3H3. The Balaban J connectivity index is 2.80. The molecule has 0 aliphatic rings. The van der Waals surface area contributed by atoms with Gasteiger partial charge in [-0.3, -0.25) is 0 Å². The molecule has 0 atom stereocenters. The lowest BCUT2D eigenvalue weighted by Gasteiger charge is -2.00. The van der Waals surface area contributed by atoms with Crippen LogP contribution in [0.25, 0.3) is 0 Å². The highest BCUT2D eigenvalue weighted by molar-refractivity contribution is 5.64. The molecule has 0 fully saturated rings. The van der Waals surface area contributed by atoms with Crippen molar-refractivity contribution in [3.05, 3.63) is 17.6 Å². The van der Waals surface area contributed by atoms with Crippen LogP contribution in [0.4, 0.5) is 4.79 Å². The molecule has 12 heavy (non-hydrogen) atoms. The maximum atomic E-state index is 10.7. The topological polar surface area (TPSA) is 48.7 Å². The fourth-order valence-electron chi connectivity index (χ4n) is 0.839. The van der Waals surface area contributed by atoms with Crippen LogP contribution in [0.3, 0.4) is 0 Å². The first-order valence-corrected chi connectivity index (χ1v) is 3.45. The molecule has 4 nitrogen and oxygen atoms in total. The van der Waals surface area contributed by atoms with Crippen LogP contribution in [0, 0.1) is 13.8 Å². The zero-order chi connectivity index (χ0) is 9.14. The van der Waals surface area contributed by atoms with E-state index in [4.69, 9.17) is 9.15 Å². The molecule has 0 N–H and O–H groups in total. The van der Waals surface area contributed by atoms with E-state index < -0.39 is 6.16 Å². The lowest BCUT2D eigenvalue weighted by molar-refractivity contribution is 0.120. The molecule has 0 spiro atoms. The minimum atomic E-state index is -0.734. The van der Waals surface area contributed by atoms with Crippen LogP contribution in [0.2, 0.25) is 0 Å². The Kier molecular flexibility index (Phi) is 2.38. The molecule has 1 rings (SSSR count). The molecule has 0 amide bonds. The molecular weight excluding hydrogens is 160 g/mol. The van der Waals surface area contributed by atoms with Crippen molar-refractivity contribution in [3.8, 4) is 5.75 Å². The predicted octanol–water partition coefficient (Wildman–Crippen LogP) is 2.04. The molecule has 1 aromatic rings. The first-order chi connectivity index (χ1) is 5.65. The van der Waals surface area contributed by atoms with E-state index in [1.165, 1.54) is 13.4 Å². The summed E-state index contributed by atoms with van der Waals surface area (Å²) >= 11 is 0. The number of carbonyl (C=O) groups excluding carboxylic acids is 1. The van der Waals surface area contributed by atoms with Crippen LogP contribution in [0.5, 0.6) is 5.75 Å². The zero-order valence-corrected chi connectivity index (χ0v) is 7.21. The lowest BCUT2D eigenvalue weighted by Crippen LogP contribution is -2.07. The van der Waals surface area contributed by atoms with Gasteiger partial charge in [0.1, 0.15) is 5.76 Å². The van der Waals surface area contributed by atoms with Crippen molar-refractivity contribution >= 4 is 6.16 Å². The normalized spacial score (nSPS) is 9.58. The molecule has 4 heteroatoms. The average Bonchev–Trinajstić information content (AvgIpc) is 2.35. The predicted molar refractivity (Wildman–Crippen MR) is 41.2 cm³/mol. The van der Waals surface area contributed by atoms with Crippen LogP contribution < -0.4 is 4.74 Å². The summed E-state index contributed by atoms with van der Waals surface area (Å²) in [6.45, 7) is 3.50. The van der Waals surface area contributed by atoms with E-state index in [2.05, 4.69) is 4.74 Å². The number of ether oxygens (including phenoxy) is 2. The van der Waals surface area contributed by atoms with Gasteiger partial charge >= 0.3 is 6.16 Å². The molecule has 1 aromatic heterocycles. The summed E-state index contributed by atoms with van der Waals surface area (Å²) in [6.07, 6.45) is 0.788. The summed E-state index contributed by atoms with van der Waals surface area (Å²) in [5.74, 6) is 1.000. The molecule has 1 heterocycles. The summed E-state index contributed by atoms with van der Waals surface area (Å²) in [5.41, 5.74) is 0.776. The number of aryl methyl sites for hydroxylation is 2. The van der Waals surface area contributed by atoms with Crippen LogP contribution >= 0.6 is 0 Å². The van der Waals surface area contributed by atoms with Crippen molar-refractivity contribution in [1.82, 2.24) is 0 Å². The fourth-order valence-corrected chi connectivity index (χ4v) is 0.839. The third kappa shape index (κ3) is 1.58. The highest BCUT2D eigenvalue weighted by Crippen LogP contribution is 2.24. The average molecular weight is 170 g/mol. The second-order valence-electron chi connectivity index (χ2n) is 2.36. The summed E-state index contributed by atoms with van der Waals surface area (Å²) < 4.78 is 14.1. The molecule has 0 aromatic carbocycles. The van der Waals surface area contributed by atoms with Gasteiger partial charge in [0, 0.05) is 5.56 Å². The van der Waals surface area contributed by atoms with E-state index in [-0.39, 0.29) is 0 Å². The SMILES string of the molecule is COC(=O)Oc1c(C)coc1C. The number of hydrogen-bond donors (Lipinski definition) is 0. The molecule has 0 saturated heterocycles. The third-order valence-electron chi connectivity index (χ3n) is 1.44. The summed E-state index contributed by atoms with van der Waals surface area (Å²) in [6, 6.07) is 0. The molecule has 66 valence electrons. The summed E-state index contributed by atoms with van der Waals surface area (Å²) in [5, 5.41) is 0. The third-order valence-corrected chi connectivity index (χ3v) is 1.44. The fraction of sp³-hybridized carbons (Fsp3) is 0.375. The van der Waals surface area contributed by atoms with Gasteiger partial charge in [0.05, 0.1) is 13.4 Å². The van der Waals surface area contributed by atoms with Crippen molar-refractivity contribution in [2.24, 2.45) is 0 Å². The van der Waals surface area contributed by atoms with Gasteiger partial charge in [0.15, 0.2) is 5.75 Å². The Morgan fingerprint density at radius 2 is 2.17 bits per heavy atom. The smallest absolute Gasteiger partial charge is 0.465 e. The minimum absolute atomic E-state index is 0.432. The quantitative estimate of drug-likeness (QED) is 0.605. The Labute approximate surface area is 70.1 Å². The maximum Gasteiger partial charge on any atom is 0.513 e. The van der Waals surface area contributed by atoms with Crippen LogP contribution in [0.15, 0.2) is 10.7 Å². The van der Waals surface area contributed by atoms with Crippen molar-refractivity contribution in [3.63, 3.8) is 0 Å². The first-order valence-electron chi connectivity index (χ1n) is 3.45. The van der Waals surface area contributed by atoms with Crippen LogP contribution in [0.1, 0.15) is 11.3 Å². The van der Waals surface area contributed by atoms with Gasteiger partial charge in [-0.2, -0.15) is 0 Å². The Hall–Kier alpha value is -1.45. The second kappa shape index (κ2) is 3.30. The van der Waals surface area contributed by atoms with Crippen LogP contribution in [-0.4, -0.2) is 13.3 Å². The Morgan fingerprint density at radius 3 is 2.58 bits per heavy atom. The van der Waals surface area contributed by atoms with E-state index in [0.717, 1.165) is 5.56 Å². The van der Waals surface area contributed by atoms with Gasteiger partial charge in [0.25, 0.3) is 0 Å². The first kappa shape index (κ1) is 8.64. The minimum Gasteiger partial charge on any atom is -0.465 e. The van der Waals surface area contributed by atoms with Crippen LogP contribution in [-0.2, 0) is 4.74 Å². The molecular formula is C8H10O4. The van der Waals surface area contributed by atoms with E-state index in [0.29, 0.717) is 11.5 Å². The lowest BCUT2D eigenvalue weighted by atomic mass is 10.3. The van der Waals surface area contributed by atoms with E-state index in [1.807, 2.05) is 0 Å². The van der Waals surface area contributed by atoms with Gasteiger partial charge in [-0.15, -0.1) is 0 Å². The van der Waals surface area contributed by atoms with E-state index >= 15 is 0 Å². The molecule has 0 saturated carbocycles. The van der Waals surface area contributed by atoms with Gasteiger partial charge in [-0.1, -0.05) is 0 Å². The second-order valence-corrected chi connectivity index (χ2v) is 2.36. The van der Waals surface area contributed by atoms with E-state index in [9.17, 15) is 4.79 Å². The van der Waals surface area contributed by atoms with Crippen molar-refractivity contribution < 1.29 is 18.7 Å². The van der Waals surface area contributed by atoms with Crippen molar-refractivity contribution in [1.29, 1.82) is 0 Å². The maximum absolute atomic E-state index is 10.7. The summed E-state index contributed by atoms with van der Waals surface area (Å²) in [4.78, 5) is 10.7. The molecule has 0 aliphatic heterocycles. The number of rotatable bonds is 1. The monoisotopic (exact) mass is 170 g/mol. The zero-order valence-electron chi connectivity index (χ0n) is 7.21. The Bertz CT molecular complexity index is 268. The highest BCUT2D eigenvalue weighted by atomic mass is 16.7. The van der Waals surface area contributed by atoms with Crippen molar-refractivity contribution in [2.45, 2.75) is 13.8 Å². The van der Waals surface area contributed by atoms with Gasteiger partial charge in [-0.05, 0) is 13.8 Å². The number of carbonyl (C=O) groups is 1. The summed E-state index contributed by atoms with van der Waals surface area (Å²) in [7, 11) is 1.26. The highest BCUT2D eigenvalue weighted by Gasteiger charge is 2.12. The largest absolute Gasteiger partial charge is 0.513 e. The number of hydrogen-bond acceptors (Lipinski definition) is 4. The molecule has 0 unspecified atom stereocenters. The number of methoxy groups -OCH3 is 1. The van der Waals surface area contributed by atoms with Gasteiger partial charge in [0.2, 0.25) is 0 Å². The molecule has 0 aliphatic carbocycles. The molecule has 0 radical (unpaired) electrons. The Morgan fingerprint density at radius 1 is 1.50 bits per heavy atom. The van der Waals surface area contributed by atoms with Crippen molar-refractivity contribution in [2.75, 3.05) is 7.11 Å². The van der Waals surface area contributed by atoms with Gasteiger partial charge in [-0.25, -0.2) is 4.79 Å².